The van der Waals surface area contributed by atoms with Gasteiger partial charge in [-0.05, 0) is 38.7 Å². The smallest absolute Gasteiger partial charge is 0.191 e. The van der Waals surface area contributed by atoms with E-state index in [9.17, 15) is 0 Å². The Morgan fingerprint density at radius 2 is 2.10 bits per heavy atom. The van der Waals surface area contributed by atoms with E-state index in [1.54, 1.807) is 0 Å². The second-order valence-corrected chi connectivity index (χ2v) is 6.71. The van der Waals surface area contributed by atoms with Crippen molar-refractivity contribution in [1.82, 2.24) is 15.2 Å². The minimum atomic E-state index is 0. The van der Waals surface area contributed by atoms with Crippen molar-refractivity contribution in [3.05, 3.63) is 24.0 Å². The Morgan fingerprint density at radius 1 is 1.40 bits per heavy atom. The summed E-state index contributed by atoms with van der Waals surface area (Å²) in [6, 6.07) is 2.10. The highest BCUT2D eigenvalue weighted by molar-refractivity contribution is 14.0. The molecule has 0 aliphatic heterocycles. The van der Waals surface area contributed by atoms with E-state index in [4.69, 9.17) is 0 Å². The van der Waals surface area contributed by atoms with Crippen molar-refractivity contribution in [3.63, 3.8) is 0 Å². The van der Waals surface area contributed by atoms with Crippen LogP contribution in [0, 0.1) is 0 Å². The summed E-state index contributed by atoms with van der Waals surface area (Å²) < 4.78 is 2.25. The minimum Gasteiger partial charge on any atom is -0.357 e. The Kier molecular flexibility index (Phi) is 9.37. The van der Waals surface area contributed by atoms with Gasteiger partial charge in [-0.25, -0.2) is 4.99 Å². The van der Waals surface area contributed by atoms with Crippen molar-refractivity contribution < 1.29 is 0 Å². The largest absolute Gasteiger partial charge is 0.357 e. The Morgan fingerprint density at radius 3 is 2.60 bits per heavy atom. The lowest BCUT2D eigenvalue weighted by Crippen LogP contribution is -2.43. The molecule has 0 fully saturated rings. The Bertz CT molecular complexity index is 415. The van der Waals surface area contributed by atoms with E-state index in [1.165, 1.54) is 5.56 Å². The molecule has 1 rings (SSSR count). The Hall–Kier alpha value is -0.370. The first-order valence-electron chi connectivity index (χ1n) is 6.65. The van der Waals surface area contributed by atoms with Gasteiger partial charge in [0.15, 0.2) is 5.96 Å². The third-order valence-corrected chi connectivity index (χ3v) is 4.14. The Balaban J connectivity index is 0.00000361. The molecule has 4 nitrogen and oxygen atoms in total. The van der Waals surface area contributed by atoms with Gasteiger partial charge < -0.3 is 15.2 Å². The highest BCUT2D eigenvalue weighted by Crippen LogP contribution is 2.19. The zero-order chi connectivity index (χ0) is 14.3. The number of thioether (sulfide) groups is 1. The van der Waals surface area contributed by atoms with Crippen LogP contribution in [0.15, 0.2) is 23.5 Å². The lowest BCUT2D eigenvalue weighted by atomic mass is 10.2. The van der Waals surface area contributed by atoms with Gasteiger partial charge in [-0.2, -0.15) is 11.8 Å². The van der Waals surface area contributed by atoms with Crippen molar-refractivity contribution in [2.75, 3.05) is 19.3 Å². The molecule has 1 aromatic heterocycles. The van der Waals surface area contributed by atoms with Crippen molar-refractivity contribution >= 4 is 41.7 Å². The molecule has 1 aromatic rings. The fourth-order valence-electron chi connectivity index (χ4n) is 1.54. The zero-order valence-corrected chi connectivity index (χ0v) is 16.2. The molecule has 0 aliphatic carbocycles. The average molecular weight is 410 g/mol. The van der Waals surface area contributed by atoms with Crippen LogP contribution in [0.5, 0.6) is 0 Å². The van der Waals surface area contributed by atoms with Crippen molar-refractivity contribution in [2.45, 2.75) is 32.1 Å². The van der Waals surface area contributed by atoms with E-state index >= 15 is 0 Å². The van der Waals surface area contributed by atoms with Crippen LogP contribution in [-0.2, 0) is 13.6 Å². The third kappa shape index (κ3) is 7.42. The van der Waals surface area contributed by atoms with E-state index < -0.39 is 0 Å². The maximum atomic E-state index is 4.61. The van der Waals surface area contributed by atoms with Crippen LogP contribution < -0.4 is 10.6 Å². The predicted octanol–water partition coefficient (Wildman–Crippen LogP) is 2.84. The van der Waals surface area contributed by atoms with Crippen LogP contribution in [0.4, 0.5) is 0 Å². The number of nitrogens with zero attached hydrogens (tertiary/aromatic N) is 2. The number of hydrogen-bond donors (Lipinski definition) is 2. The van der Waals surface area contributed by atoms with E-state index in [2.05, 4.69) is 54.9 Å². The summed E-state index contributed by atoms with van der Waals surface area (Å²) >= 11 is 1.86. The molecule has 0 atom stereocenters. The molecule has 2 N–H and O–H groups in total. The molecule has 0 amide bonds. The van der Waals surface area contributed by atoms with Gasteiger partial charge in [0.2, 0.25) is 0 Å². The molecule has 0 saturated carbocycles. The van der Waals surface area contributed by atoms with Crippen molar-refractivity contribution in [1.29, 1.82) is 0 Å². The monoisotopic (exact) mass is 410 g/mol. The van der Waals surface area contributed by atoms with Gasteiger partial charge in [0.1, 0.15) is 0 Å². The van der Waals surface area contributed by atoms with Gasteiger partial charge in [-0.15, -0.1) is 24.0 Å². The van der Waals surface area contributed by atoms with Crippen molar-refractivity contribution in [2.24, 2.45) is 12.0 Å². The van der Waals surface area contributed by atoms with Gasteiger partial charge >= 0.3 is 0 Å². The molecule has 0 saturated heterocycles. The number of aromatic nitrogens is 1. The maximum absolute atomic E-state index is 4.61. The number of aryl methyl sites for hydroxylation is 1. The highest BCUT2D eigenvalue weighted by Gasteiger charge is 2.15. The highest BCUT2D eigenvalue weighted by atomic mass is 127. The first-order chi connectivity index (χ1) is 8.96. The first kappa shape index (κ1) is 19.6. The summed E-state index contributed by atoms with van der Waals surface area (Å²) in [6.07, 6.45) is 6.27. The average Bonchev–Trinajstić information content (AvgIpc) is 2.79. The number of guanidine groups is 1. The number of nitrogens with one attached hydrogen (secondary N) is 2. The summed E-state index contributed by atoms with van der Waals surface area (Å²) in [5.74, 6) is 0.883. The fourth-order valence-corrected chi connectivity index (χ4v) is 1.75. The van der Waals surface area contributed by atoms with Crippen molar-refractivity contribution in [3.8, 4) is 0 Å². The normalized spacial score (nSPS) is 11.9. The number of aliphatic imine (C=N–C) groups is 1. The molecule has 0 bridgehead atoms. The molecule has 116 valence electrons. The second kappa shape index (κ2) is 9.55. The molecule has 0 radical (unpaired) electrons. The molecule has 1 heterocycles. The summed E-state index contributed by atoms with van der Waals surface area (Å²) in [7, 11) is 2.03. The number of rotatable bonds is 6. The van der Waals surface area contributed by atoms with Crippen LogP contribution in [0.1, 0.15) is 26.3 Å². The van der Waals surface area contributed by atoms with Gasteiger partial charge in [-0.3, -0.25) is 0 Å². The first-order valence-corrected chi connectivity index (χ1v) is 7.87. The van der Waals surface area contributed by atoms with E-state index in [1.807, 2.05) is 29.6 Å². The van der Waals surface area contributed by atoms with Gasteiger partial charge in [0, 0.05) is 37.3 Å². The molecule has 0 spiro atoms. The van der Waals surface area contributed by atoms with Crippen LogP contribution in [0.3, 0.4) is 0 Å². The molecule has 6 heteroatoms. The molecule has 0 aromatic carbocycles. The predicted molar refractivity (Wildman–Crippen MR) is 101 cm³/mol. The van der Waals surface area contributed by atoms with Gasteiger partial charge in [0.05, 0.1) is 6.54 Å². The minimum absolute atomic E-state index is 0. The van der Waals surface area contributed by atoms with E-state index in [0.29, 0.717) is 6.54 Å². The standard InChI is InChI=1S/C14H26N4S.HI/c1-6-15-13(17-11-14(2,3)19-5)16-9-12-7-8-18(4)10-12;/h7-8,10H,6,9,11H2,1-5H3,(H2,15,16,17);1H. The van der Waals surface area contributed by atoms with Crippen LogP contribution in [0.2, 0.25) is 0 Å². The lowest BCUT2D eigenvalue weighted by molar-refractivity contribution is 0.665. The Labute approximate surface area is 144 Å². The quantitative estimate of drug-likeness (QED) is 0.431. The molecule has 20 heavy (non-hydrogen) atoms. The topological polar surface area (TPSA) is 41.4 Å². The van der Waals surface area contributed by atoms with E-state index in [-0.39, 0.29) is 28.7 Å². The molecular formula is C14H27IN4S. The summed E-state index contributed by atoms with van der Waals surface area (Å²) in [5.41, 5.74) is 1.23. The zero-order valence-electron chi connectivity index (χ0n) is 13.1. The lowest BCUT2D eigenvalue weighted by Gasteiger charge is -2.23. The number of halogens is 1. The van der Waals surface area contributed by atoms with Crippen LogP contribution >= 0.6 is 35.7 Å². The summed E-state index contributed by atoms with van der Waals surface area (Å²) in [6.45, 7) is 9.02. The van der Waals surface area contributed by atoms with Gasteiger partial charge in [-0.1, -0.05) is 0 Å². The SMILES string of the molecule is CCNC(=NCc1ccn(C)c1)NCC(C)(C)SC.I. The second-order valence-electron chi connectivity index (χ2n) is 5.20. The summed E-state index contributed by atoms with van der Waals surface area (Å²) in [4.78, 5) is 4.61. The molecular weight excluding hydrogens is 383 g/mol. The van der Waals surface area contributed by atoms with E-state index in [0.717, 1.165) is 19.0 Å². The molecule has 0 unspecified atom stereocenters. The summed E-state index contributed by atoms with van der Waals surface area (Å²) in [5, 5.41) is 6.68. The fraction of sp³-hybridized carbons (Fsp3) is 0.643. The van der Waals surface area contributed by atoms with Crippen LogP contribution in [0.25, 0.3) is 0 Å². The maximum Gasteiger partial charge on any atom is 0.191 e. The number of hydrogen-bond acceptors (Lipinski definition) is 2. The molecule has 0 aliphatic rings. The third-order valence-electron chi connectivity index (χ3n) is 2.89. The van der Waals surface area contributed by atoms with Crippen LogP contribution in [-0.4, -0.2) is 34.6 Å². The van der Waals surface area contributed by atoms with Gasteiger partial charge in [0.25, 0.3) is 0 Å².